The van der Waals surface area contributed by atoms with Gasteiger partial charge in [0.1, 0.15) is 18.1 Å². The van der Waals surface area contributed by atoms with Gasteiger partial charge in [-0.25, -0.2) is 0 Å². The van der Waals surface area contributed by atoms with Gasteiger partial charge in [-0.15, -0.1) is 0 Å². The van der Waals surface area contributed by atoms with E-state index in [-0.39, 0.29) is 0 Å². The molecule has 0 saturated carbocycles. The standard InChI is InChI=1S/C20H20O2/c1-15(2)20-18(12-13-21-20)14-22-19-10-8-17(9-11-19)16-6-4-3-5-7-16/h3-13,15H,14H2,1-2H3. The van der Waals surface area contributed by atoms with E-state index in [2.05, 4.69) is 38.1 Å². The van der Waals surface area contributed by atoms with Crippen molar-refractivity contribution in [1.82, 2.24) is 0 Å². The van der Waals surface area contributed by atoms with E-state index in [1.807, 2.05) is 36.4 Å². The maximum absolute atomic E-state index is 5.87. The van der Waals surface area contributed by atoms with E-state index in [4.69, 9.17) is 9.15 Å². The summed E-state index contributed by atoms with van der Waals surface area (Å²) in [5.74, 6) is 2.24. The van der Waals surface area contributed by atoms with Gasteiger partial charge in [-0.1, -0.05) is 56.3 Å². The predicted octanol–water partition coefficient (Wildman–Crippen LogP) is 5.65. The van der Waals surface area contributed by atoms with Crippen LogP contribution in [0.3, 0.4) is 0 Å². The fraction of sp³-hybridized carbons (Fsp3) is 0.200. The minimum atomic E-state index is 0.369. The van der Waals surface area contributed by atoms with Crippen LogP contribution in [0.2, 0.25) is 0 Å². The highest BCUT2D eigenvalue weighted by molar-refractivity contribution is 5.63. The summed E-state index contributed by atoms with van der Waals surface area (Å²) in [5.41, 5.74) is 3.52. The number of hydrogen-bond acceptors (Lipinski definition) is 2. The van der Waals surface area contributed by atoms with E-state index in [0.717, 1.165) is 17.1 Å². The lowest BCUT2D eigenvalue weighted by molar-refractivity contribution is 0.301. The molecule has 0 N–H and O–H groups in total. The van der Waals surface area contributed by atoms with Gasteiger partial charge < -0.3 is 9.15 Å². The van der Waals surface area contributed by atoms with Crippen molar-refractivity contribution in [3.05, 3.63) is 78.3 Å². The molecule has 3 aromatic rings. The van der Waals surface area contributed by atoms with E-state index >= 15 is 0 Å². The molecule has 0 amide bonds. The van der Waals surface area contributed by atoms with Crippen molar-refractivity contribution in [2.24, 2.45) is 0 Å². The summed E-state index contributed by atoms with van der Waals surface area (Å²) in [6, 6.07) is 20.5. The van der Waals surface area contributed by atoms with Crippen LogP contribution in [-0.4, -0.2) is 0 Å². The van der Waals surface area contributed by atoms with Crippen molar-refractivity contribution >= 4 is 0 Å². The second-order valence-corrected chi connectivity index (χ2v) is 5.64. The second kappa shape index (κ2) is 6.52. The lowest BCUT2D eigenvalue weighted by Crippen LogP contribution is -1.98. The van der Waals surface area contributed by atoms with Crippen LogP contribution in [0.1, 0.15) is 31.1 Å². The Morgan fingerprint density at radius 2 is 1.55 bits per heavy atom. The number of ether oxygens (including phenoxy) is 1. The average molecular weight is 292 g/mol. The largest absolute Gasteiger partial charge is 0.489 e. The van der Waals surface area contributed by atoms with E-state index in [9.17, 15) is 0 Å². The third-order valence-electron chi connectivity index (χ3n) is 3.66. The first-order valence-corrected chi connectivity index (χ1v) is 7.58. The molecule has 0 radical (unpaired) electrons. The summed E-state index contributed by atoms with van der Waals surface area (Å²) < 4.78 is 11.4. The van der Waals surface area contributed by atoms with Gasteiger partial charge in [0, 0.05) is 11.5 Å². The minimum Gasteiger partial charge on any atom is -0.489 e. The molecule has 112 valence electrons. The number of benzene rings is 2. The number of furan rings is 1. The molecule has 2 heteroatoms. The molecule has 0 fully saturated rings. The van der Waals surface area contributed by atoms with Crippen molar-refractivity contribution in [1.29, 1.82) is 0 Å². The Balaban J connectivity index is 1.68. The van der Waals surface area contributed by atoms with Crippen LogP contribution in [0.25, 0.3) is 11.1 Å². The molecular formula is C20H20O2. The lowest BCUT2D eigenvalue weighted by Gasteiger charge is -2.09. The van der Waals surface area contributed by atoms with Crippen LogP contribution < -0.4 is 4.74 Å². The SMILES string of the molecule is CC(C)c1occc1COc1ccc(-c2ccccc2)cc1. The van der Waals surface area contributed by atoms with Gasteiger partial charge in [-0.2, -0.15) is 0 Å². The molecular weight excluding hydrogens is 272 g/mol. The topological polar surface area (TPSA) is 22.4 Å². The van der Waals surface area contributed by atoms with Crippen LogP contribution in [-0.2, 0) is 6.61 Å². The van der Waals surface area contributed by atoms with Gasteiger partial charge in [0.05, 0.1) is 6.26 Å². The highest BCUT2D eigenvalue weighted by Crippen LogP contribution is 2.24. The van der Waals surface area contributed by atoms with Crippen molar-refractivity contribution in [3.8, 4) is 16.9 Å². The van der Waals surface area contributed by atoms with Crippen molar-refractivity contribution in [2.75, 3.05) is 0 Å². The summed E-state index contributed by atoms with van der Waals surface area (Å²) >= 11 is 0. The highest BCUT2D eigenvalue weighted by Gasteiger charge is 2.10. The first-order valence-electron chi connectivity index (χ1n) is 7.58. The summed E-state index contributed by atoms with van der Waals surface area (Å²) in [4.78, 5) is 0. The molecule has 0 atom stereocenters. The molecule has 2 nitrogen and oxygen atoms in total. The zero-order valence-corrected chi connectivity index (χ0v) is 13.0. The maximum atomic E-state index is 5.87. The molecule has 1 aromatic heterocycles. The molecule has 2 aromatic carbocycles. The predicted molar refractivity (Wildman–Crippen MR) is 89.0 cm³/mol. The van der Waals surface area contributed by atoms with Gasteiger partial charge >= 0.3 is 0 Å². The average Bonchev–Trinajstić information content (AvgIpc) is 3.03. The molecule has 1 heterocycles. The van der Waals surface area contributed by atoms with E-state index in [1.54, 1.807) is 6.26 Å². The summed E-state index contributed by atoms with van der Waals surface area (Å²) in [5, 5.41) is 0. The third-order valence-corrected chi connectivity index (χ3v) is 3.66. The van der Waals surface area contributed by atoms with Crippen LogP contribution in [0.5, 0.6) is 5.75 Å². The first-order chi connectivity index (χ1) is 10.7. The Morgan fingerprint density at radius 3 is 2.23 bits per heavy atom. The molecule has 3 rings (SSSR count). The van der Waals surface area contributed by atoms with Gasteiger partial charge in [-0.05, 0) is 29.3 Å². The second-order valence-electron chi connectivity index (χ2n) is 5.64. The Kier molecular flexibility index (Phi) is 4.29. The number of hydrogen-bond donors (Lipinski definition) is 0. The maximum Gasteiger partial charge on any atom is 0.119 e. The van der Waals surface area contributed by atoms with Gasteiger partial charge in [0.25, 0.3) is 0 Å². The molecule has 0 aliphatic heterocycles. The van der Waals surface area contributed by atoms with E-state index < -0.39 is 0 Å². The Morgan fingerprint density at radius 1 is 0.864 bits per heavy atom. The molecule has 22 heavy (non-hydrogen) atoms. The Labute approximate surface area is 131 Å². The monoisotopic (exact) mass is 292 g/mol. The summed E-state index contributed by atoms with van der Waals surface area (Å²) in [6.07, 6.45) is 1.73. The molecule has 0 aliphatic carbocycles. The molecule has 0 saturated heterocycles. The van der Waals surface area contributed by atoms with E-state index in [0.29, 0.717) is 12.5 Å². The number of rotatable bonds is 5. The van der Waals surface area contributed by atoms with Crippen LogP contribution in [0.4, 0.5) is 0 Å². The molecule has 0 aliphatic rings. The van der Waals surface area contributed by atoms with Gasteiger partial charge in [-0.3, -0.25) is 0 Å². The minimum absolute atomic E-state index is 0.369. The zero-order valence-electron chi connectivity index (χ0n) is 13.0. The molecule has 0 bridgehead atoms. The normalized spacial score (nSPS) is 10.9. The smallest absolute Gasteiger partial charge is 0.119 e. The van der Waals surface area contributed by atoms with Crippen LogP contribution in [0.15, 0.2) is 71.3 Å². The Bertz CT molecular complexity index is 709. The van der Waals surface area contributed by atoms with Gasteiger partial charge in [0.2, 0.25) is 0 Å². The summed E-state index contributed by atoms with van der Waals surface area (Å²) in [7, 11) is 0. The fourth-order valence-electron chi connectivity index (χ4n) is 2.51. The summed E-state index contributed by atoms with van der Waals surface area (Å²) in [6.45, 7) is 4.78. The quantitative estimate of drug-likeness (QED) is 0.606. The highest BCUT2D eigenvalue weighted by atomic mass is 16.5. The molecule has 0 unspecified atom stereocenters. The van der Waals surface area contributed by atoms with Crippen LogP contribution in [0, 0.1) is 0 Å². The molecule has 0 spiro atoms. The van der Waals surface area contributed by atoms with E-state index in [1.165, 1.54) is 11.1 Å². The van der Waals surface area contributed by atoms with Gasteiger partial charge in [0.15, 0.2) is 0 Å². The zero-order chi connectivity index (χ0) is 15.4. The Hall–Kier alpha value is -2.48. The third kappa shape index (κ3) is 3.22. The van der Waals surface area contributed by atoms with Crippen LogP contribution >= 0.6 is 0 Å². The van der Waals surface area contributed by atoms with Crippen molar-refractivity contribution < 1.29 is 9.15 Å². The fourth-order valence-corrected chi connectivity index (χ4v) is 2.51. The lowest BCUT2D eigenvalue weighted by atomic mass is 10.1. The van der Waals surface area contributed by atoms with Crippen molar-refractivity contribution in [2.45, 2.75) is 26.4 Å². The van der Waals surface area contributed by atoms with Crippen molar-refractivity contribution in [3.63, 3.8) is 0 Å². The first kappa shape index (κ1) is 14.5.